The summed E-state index contributed by atoms with van der Waals surface area (Å²) in [4.78, 5) is 25.8. The maximum Gasteiger partial charge on any atom is 0.226 e. The molecule has 276 valence electrons. The smallest absolute Gasteiger partial charge is 0.226 e. The van der Waals surface area contributed by atoms with E-state index in [0.717, 1.165) is 72.4 Å². The number of nitrogens with zero attached hydrogens (tertiary/aromatic N) is 5. The number of carbonyl (C=O) groups is 1. The van der Waals surface area contributed by atoms with Gasteiger partial charge in [0.05, 0.1) is 40.3 Å². The van der Waals surface area contributed by atoms with Crippen LogP contribution < -0.4 is 10.1 Å². The molecule has 0 unspecified atom stereocenters. The lowest BCUT2D eigenvalue weighted by atomic mass is 9.79. The molecular weight excluding hydrogens is 722 g/mol. The molecule has 6 aliphatic rings. The Morgan fingerprint density at radius 1 is 1.11 bits per heavy atom. The number of amides is 1. The van der Waals surface area contributed by atoms with Gasteiger partial charge in [0, 0.05) is 88.5 Å². The number of fused-ring (bicyclic) bond motifs is 4. The number of halogens is 3. The summed E-state index contributed by atoms with van der Waals surface area (Å²) in [6.45, 7) is 3.37. The number of aromatic nitrogens is 3. The van der Waals surface area contributed by atoms with Crippen LogP contribution in [-0.4, -0.2) is 50.6 Å². The van der Waals surface area contributed by atoms with Crippen molar-refractivity contribution >= 4 is 50.9 Å². The van der Waals surface area contributed by atoms with E-state index < -0.39 is 5.82 Å². The molecule has 6 fully saturated rings. The third-order valence-corrected chi connectivity index (χ3v) is 13.6. The van der Waals surface area contributed by atoms with Crippen LogP contribution in [0.15, 0.2) is 48.7 Å². The normalized spacial score (nSPS) is 24.9. The SMILES string of the molecule is Cc1nc2c(F)c(-c3cccc(Cl)c3Cl)c(CCC#N)cc2c2c1cc([C@H]1C[C@H](Oc3ccnc(C4CCC4)c3)CN1C(=O)C1CC1)n2[C@H]1[C@H]2CN[C@@H]1C2. The first-order chi connectivity index (χ1) is 26.3. The Morgan fingerprint density at radius 2 is 1.96 bits per heavy atom. The molecule has 11 heteroatoms. The van der Waals surface area contributed by atoms with Gasteiger partial charge in [-0.1, -0.05) is 41.8 Å². The number of aryl methyl sites for hydroxylation is 2. The minimum Gasteiger partial charge on any atom is -0.488 e. The van der Waals surface area contributed by atoms with Crippen LogP contribution in [0.2, 0.25) is 10.0 Å². The molecule has 5 aromatic rings. The van der Waals surface area contributed by atoms with Crippen LogP contribution in [0.4, 0.5) is 4.39 Å². The number of benzene rings is 2. The number of hydrogen-bond acceptors (Lipinski definition) is 6. The zero-order valence-corrected chi connectivity index (χ0v) is 31.6. The summed E-state index contributed by atoms with van der Waals surface area (Å²) in [5.74, 6) is 1.49. The van der Waals surface area contributed by atoms with Gasteiger partial charge < -0.3 is 19.5 Å². The molecule has 2 aromatic carbocycles. The second-order valence-electron chi connectivity index (χ2n) is 16.1. The number of pyridine rings is 2. The van der Waals surface area contributed by atoms with Crippen LogP contribution in [0.5, 0.6) is 5.75 Å². The molecule has 54 heavy (non-hydrogen) atoms. The van der Waals surface area contributed by atoms with Gasteiger partial charge in [0.25, 0.3) is 0 Å². The van der Waals surface area contributed by atoms with E-state index in [-0.39, 0.29) is 53.0 Å². The van der Waals surface area contributed by atoms with Crippen molar-refractivity contribution in [3.8, 4) is 22.9 Å². The van der Waals surface area contributed by atoms with E-state index >= 15 is 4.39 Å². The van der Waals surface area contributed by atoms with E-state index in [4.69, 9.17) is 32.9 Å². The number of nitrogens with one attached hydrogen (secondary N) is 1. The Bertz CT molecular complexity index is 2390. The summed E-state index contributed by atoms with van der Waals surface area (Å²) in [6.07, 6.45) is 9.33. The minimum atomic E-state index is -0.475. The Balaban J connectivity index is 1.14. The van der Waals surface area contributed by atoms with Gasteiger partial charge in [-0.2, -0.15) is 5.26 Å². The van der Waals surface area contributed by atoms with Crippen molar-refractivity contribution in [1.82, 2.24) is 24.8 Å². The minimum absolute atomic E-state index is 0.0505. The van der Waals surface area contributed by atoms with Gasteiger partial charge in [-0.3, -0.25) is 9.78 Å². The largest absolute Gasteiger partial charge is 0.488 e. The molecule has 11 rings (SSSR count). The van der Waals surface area contributed by atoms with Gasteiger partial charge in [-0.25, -0.2) is 9.37 Å². The molecule has 3 saturated heterocycles. The fourth-order valence-corrected chi connectivity index (χ4v) is 10.1. The topological polar surface area (TPSA) is 96.1 Å². The predicted octanol–water partition coefficient (Wildman–Crippen LogP) is 9.39. The molecule has 3 aromatic heterocycles. The lowest BCUT2D eigenvalue weighted by Crippen LogP contribution is -2.41. The zero-order chi connectivity index (χ0) is 36.8. The van der Waals surface area contributed by atoms with Crippen LogP contribution in [-0.2, 0) is 11.2 Å². The average molecular weight is 764 g/mol. The Hall–Kier alpha value is -4.23. The number of hydrogen-bond donors (Lipinski definition) is 1. The maximum atomic E-state index is 17.2. The van der Waals surface area contributed by atoms with Crippen LogP contribution in [0.25, 0.3) is 32.9 Å². The van der Waals surface area contributed by atoms with Crippen molar-refractivity contribution in [3.05, 3.63) is 87.2 Å². The molecule has 5 atom stereocenters. The highest BCUT2D eigenvalue weighted by Gasteiger charge is 2.51. The summed E-state index contributed by atoms with van der Waals surface area (Å²) < 4.78 is 26.4. The van der Waals surface area contributed by atoms with Crippen molar-refractivity contribution in [3.63, 3.8) is 0 Å². The third kappa shape index (κ3) is 5.51. The van der Waals surface area contributed by atoms with Crippen LogP contribution >= 0.6 is 23.2 Å². The van der Waals surface area contributed by atoms with Crippen molar-refractivity contribution < 1.29 is 13.9 Å². The van der Waals surface area contributed by atoms with E-state index in [1.165, 1.54) is 6.42 Å². The van der Waals surface area contributed by atoms with E-state index in [1.807, 2.05) is 25.3 Å². The second kappa shape index (κ2) is 13.2. The highest BCUT2D eigenvalue weighted by molar-refractivity contribution is 6.43. The third-order valence-electron chi connectivity index (χ3n) is 12.8. The van der Waals surface area contributed by atoms with Gasteiger partial charge in [-0.05, 0) is 81.2 Å². The second-order valence-corrected chi connectivity index (χ2v) is 16.9. The fourth-order valence-electron chi connectivity index (χ4n) is 9.69. The summed E-state index contributed by atoms with van der Waals surface area (Å²) in [6, 6.07) is 15.9. The maximum absolute atomic E-state index is 17.2. The molecule has 3 aliphatic heterocycles. The molecule has 0 radical (unpaired) electrons. The molecule has 3 aliphatic carbocycles. The van der Waals surface area contributed by atoms with Crippen molar-refractivity contribution in [1.29, 1.82) is 5.26 Å². The van der Waals surface area contributed by atoms with E-state index in [1.54, 1.807) is 18.2 Å². The van der Waals surface area contributed by atoms with Crippen LogP contribution in [0.3, 0.4) is 0 Å². The monoisotopic (exact) mass is 762 g/mol. The number of nitriles is 1. The van der Waals surface area contributed by atoms with Crippen molar-refractivity contribution in [2.45, 2.75) is 94.9 Å². The summed E-state index contributed by atoms with van der Waals surface area (Å²) in [7, 11) is 0. The molecule has 8 nitrogen and oxygen atoms in total. The summed E-state index contributed by atoms with van der Waals surface area (Å²) >= 11 is 13.2. The summed E-state index contributed by atoms with van der Waals surface area (Å²) in [5.41, 5.74) is 5.54. The first-order valence-corrected chi connectivity index (χ1v) is 20.2. The average Bonchev–Trinajstić information content (AvgIpc) is 3.42. The standard InChI is InChI=1S/C43H41Cl2FN6O2/c1-22-30-19-36(35-18-28(21-51(35)43(53)24-10-11-24)54-27-12-14-48-33(17-27)23-5-2-6-23)52(41-26-16-34(41)49-20-26)42(30)31-15-25(7-4-13-47)37(39(46)40(31)50-22)29-8-3-9-32(44)38(29)45/h3,8-9,12,14-15,17,19,23-24,26,28,34-35,41,49H,2,4-7,10-11,16,18,20-21H2,1H3/t26-,28+,34-,35-,41+/m1/s1. The Labute approximate surface area is 323 Å². The quantitative estimate of drug-likeness (QED) is 0.161. The van der Waals surface area contributed by atoms with Crippen molar-refractivity contribution in [2.75, 3.05) is 13.1 Å². The first-order valence-electron chi connectivity index (χ1n) is 19.4. The van der Waals surface area contributed by atoms with Gasteiger partial charge in [0.1, 0.15) is 17.4 Å². The fraction of sp³-hybridized carbons (Fsp3) is 0.442. The summed E-state index contributed by atoms with van der Waals surface area (Å²) in [5, 5.41) is 15.6. The number of ether oxygens (including phenoxy) is 1. The highest BCUT2D eigenvalue weighted by Crippen LogP contribution is 2.51. The van der Waals surface area contributed by atoms with Gasteiger partial charge in [-0.15, -0.1) is 0 Å². The van der Waals surface area contributed by atoms with Crippen LogP contribution in [0.1, 0.15) is 92.0 Å². The molecule has 2 bridgehead atoms. The van der Waals surface area contributed by atoms with Crippen LogP contribution in [0, 0.1) is 35.9 Å². The lowest BCUT2D eigenvalue weighted by molar-refractivity contribution is -0.133. The first kappa shape index (κ1) is 34.3. The number of likely N-dealkylation sites (tertiary alicyclic amines) is 1. The zero-order valence-electron chi connectivity index (χ0n) is 30.1. The Morgan fingerprint density at radius 3 is 2.69 bits per heavy atom. The predicted molar refractivity (Wildman–Crippen MR) is 207 cm³/mol. The lowest BCUT2D eigenvalue weighted by Gasteiger charge is -2.39. The van der Waals surface area contributed by atoms with Gasteiger partial charge in [0.2, 0.25) is 5.91 Å². The number of carbonyl (C=O) groups excluding carboxylic acids is 1. The molecule has 0 spiro atoms. The molecular formula is C43H41Cl2FN6O2. The highest BCUT2D eigenvalue weighted by atomic mass is 35.5. The van der Waals surface area contributed by atoms with Gasteiger partial charge >= 0.3 is 0 Å². The molecule has 6 heterocycles. The molecule has 1 amide bonds. The van der Waals surface area contributed by atoms with E-state index in [0.29, 0.717) is 58.3 Å². The number of rotatable bonds is 9. The van der Waals surface area contributed by atoms with Crippen molar-refractivity contribution in [2.24, 2.45) is 11.8 Å². The van der Waals surface area contributed by atoms with E-state index in [2.05, 4.69) is 38.0 Å². The Kier molecular flexibility index (Phi) is 8.39. The molecule has 1 N–H and O–H groups in total. The molecule has 3 saturated carbocycles. The van der Waals surface area contributed by atoms with E-state index in [9.17, 15) is 10.1 Å². The van der Waals surface area contributed by atoms with Gasteiger partial charge in [0.15, 0.2) is 5.82 Å².